The summed E-state index contributed by atoms with van der Waals surface area (Å²) in [5.41, 5.74) is 3.61. The van der Waals surface area contributed by atoms with Crippen LogP contribution in [-0.2, 0) is 0 Å². The van der Waals surface area contributed by atoms with Crippen molar-refractivity contribution in [3.63, 3.8) is 0 Å². The standard InChI is InChI=1S/C20H26N2O2/c1-15-12-16(2)14-17(13-15)20(23)21-18-6-8-19(9-7-18)24-11-5-10-22(3)4/h6-9,12-14H,5,10-11H2,1-4H3,(H,21,23). The van der Waals surface area contributed by atoms with Crippen molar-refractivity contribution in [2.45, 2.75) is 20.3 Å². The van der Waals surface area contributed by atoms with Gasteiger partial charge in [-0.2, -0.15) is 0 Å². The maximum Gasteiger partial charge on any atom is 0.255 e. The number of rotatable bonds is 7. The Labute approximate surface area is 144 Å². The number of nitrogens with one attached hydrogen (secondary N) is 1. The first-order valence-electron chi connectivity index (χ1n) is 8.21. The van der Waals surface area contributed by atoms with Gasteiger partial charge in [-0.3, -0.25) is 4.79 Å². The Bertz CT molecular complexity index is 658. The first-order chi connectivity index (χ1) is 11.4. The molecule has 2 aromatic carbocycles. The van der Waals surface area contributed by atoms with E-state index in [4.69, 9.17) is 4.74 Å². The molecule has 0 aliphatic rings. The van der Waals surface area contributed by atoms with Crippen LogP contribution in [0.4, 0.5) is 5.69 Å². The van der Waals surface area contributed by atoms with Gasteiger partial charge in [-0.25, -0.2) is 0 Å². The van der Waals surface area contributed by atoms with Crippen LogP contribution in [-0.4, -0.2) is 38.1 Å². The van der Waals surface area contributed by atoms with Crippen molar-refractivity contribution in [1.82, 2.24) is 4.90 Å². The largest absolute Gasteiger partial charge is 0.494 e. The summed E-state index contributed by atoms with van der Waals surface area (Å²) >= 11 is 0. The highest BCUT2D eigenvalue weighted by Crippen LogP contribution is 2.17. The number of ether oxygens (including phenoxy) is 1. The lowest BCUT2D eigenvalue weighted by molar-refractivity contribution is 0.102. The molecule has 0 aliphatic heterocycles. The van der Waals surface area contributed by atoms with E-state index < -0.39 is 0 Å². The molecule has 2 rings (SSSR count). The topological polar surface area (TPSA) is 41.6 Å². The summed E-state index contributed by atoms with van der Waals surface area (Å²) < 4.78 is 5.69. The smallest absolute Gasteiger partial charge is 0.255 e. The van der Waals surface area contributed by atoms with E-state index in [1.807, 2.05) is 64.3 Å². The molecule has 1 amide bonds. The summed E-state index contributed by atoms with van der Waals surface area (Å²) in [6.07, 6.45) is 0.984. The molecule has 0 aromatic heterocycles. The highest BCUT2D eigenvalue weighted by atomic mass is 16.5. The van der Waals surface area contributed by atoms with E-state index in [0.717, 1.165) is 35.5 Å². The summed E-state index contributed by atoms with van der Waals surface area (Å²) in [6.45, 7) is 5.68. The van der Waals surface area contributed by atoms with Gasteiger partial charge in [-0.15, -0.1) is 0 Å². The van der Waals surface area contributed by atoms with E-state index >= 15 is 0 Å². The van der Waals surface area contributed by atoms with Crippen LogP contribution in [0.2, 0.25) is 0 Å². The van der Waals surface area contributed by atoms with E-state index in [1.165, 1.54) is 0 Å². The Morgan fingerprint density at radius 3 is 2.25 bits per heavy atom. The number of anilines is 1. The molecule has 0 fully saturated rings. The predicted octanol–water partition coefficient (Wildman–Crippen LogP) is 3.89. The van der Waals surface area contributed by atoms with Crippen LogP contribution in [0.5, 0.6) is 5.75 Å². The number of hydrogen-bond acceptors (Lipinski definition) is 3. The van der Waals surface area contributed by atoms with Crippen molar-refractivity contribution in [2.75, 3.05) is 32.6 Å². The van der Waals surface area contributed by atoms with E-state index in [0.29, 0.717) is 12.2 Å². The molecule has 0 saturated heterocycles. The van der Waals surface area contributed by atoms with E-state index in [1.54, 1.807) is 0 Å². The maximum absolute atomic E-state index is 12.3. The number of hydrogen-bond donors (Lipinski definition) is 1. The molecule has 2 aromatic rings. The Morgan fingerprint density at radius 2 is 1.67 bits per heavy atom. The number of aryl methyl sites for hydroxylation is 2. The molecule has 0 atom stereocenters. The quantitative estimate of drug-likeness (QED) is 0.785. The average molecular weight is 326 g/mol. The highest BCUT2D eigenvalue weighted by molar-refractivity contribution is 6.04. The molecule has 0 saturated carbocycles. The van der Waals surface area contributed by atoms with Crippen molar-refractivity contribution in [2.24, 2.45) is 0 Å². The first kappa shape index (κ1) is 18.0. The number of carbonyl (C=O) groups excluding carboxylic acids is 1. The second-order valence-electron chi connectivity index (χ2n) is 6.36. The Morgan fingerprint density at radius 1 is 1.04 bits per heavy atom. The minimum atomic E-state index is -0.0959. The number of nitrogens with zero attached hydrogens (tertiary/aromatic N) is 1. The fourth-order valence-corrected chi connectivity index (χ4v) is 2.51. The van der Waals surface area contributed by atoms with Crippen molar-refractivity contribution < 1.29 is 9.53 Å². The van der Waals surface area contributed by atoms with Gasteiger partial charge in [-0.1, -0.05) is 17.2 Å². The van der Waals surface area contributed by atoms with Gasteiger partial charge in [0.05, 0.1) is 6.61 Å². The molecule has 24 heavy (non-hydrogen) atoms. The van der Waals surface area contributed by atoms with Crippen LogP contribution in [0.25, 0.3) is 0 Å². The van der Waals surface area contributed by atoms with Gasteiger partial charge < -0.3 is 15.0 Å². The lowest BCUT2D eigenvalue weighted by Gasteiger charge is -2.11. The zero-order chi connectivity index (χ0) is 17.5. The minimum absolute atomic E-state index is 0.0959. The van der Waals surface area contributed by atoms with Crippen LogP contribution >= 0.6 is 0 Å². The Kier molecular flexibility index (Phi) is 6.38. The van der Waals surface area contributed by atoms with E-state index in [-0.39, 0.29) is 5.91 Å². The second kappa shape index (κ2) is 8.50. The molecule has 0 radical (unpaired) electrons. The lowest BCUT2D eigenvalue weighted by atomic mass is 10.1. The number of amides is 1. The van der Waals surface area contributed by atoms with Crippen LogP contribution in [0.1, 0.15) is 27.9 Å². The lowest BCUT2D eigenvalue weighted by Crippen LogP contribution is -2.15. The molecule has 1 N–H and O–H groups in total. The molecule has 0 spiro atoms. The summed E-state index contributed by atoms with van der Waals surface area (Å²) in [4.78, 5) is 14.5. The minimum Gasteiger partial charge on any atom is -0.494 e. The summed E-state index contributed by atoms with van der Waals surface area (Å²) in [6, 6.07) is 13.3. The third-order valence-electron chi connectivity index (χ3n) is 3.61. The predicted molar refractivity (Wildman–Crippen MR) is 99.0 cm³/mol. The number of benzene rings is 2. The molecular weight excluding hydrogens is 300 g/mol. The summed E-state index contributed by atoms with van der Waals surface area (Å²) in [5, 5.41) is 2.92. The van der Waals surface area contributed by atoms with Gasteiger partial charge in [0.2, 0.25) is 0 Å². The zero-order valence-electron chi connectivity index (χ0n) is 14.9. The first-order valence-corrected chi connectivity index (χ1v) is 8.21. The van der Waals surface area contributed by atoms with Crippen LogP contribution in [0.3, 0.4) is 0 Å². The fourth-order valence-electron chi connectivity index (χ4n) is 2.51. The average Bonchev–Trinajstić information content (AvgIpc) is 2.52. The molecular formula is C20H26N2O2. The molecule has 4 nitrogen and oxygen atoms in total. The van der Waals surface area contributed by atoms with Crippen molar-refractivity contribution in [3.8, 4) is 5.75 Å². The third kappa shape index (κ3) is 5.70. The van der Waals surface area contributed by atoms with Crippen molar-refractivity contribution in [3.05, 3.63) is 59.2 Å². The maximum atomic E-state index is 12.3. The van der Waals surface area contributed by atoms with Crippen molar-refractivity contribution in [1.29, 1.82) is 0 Å². The van der Waals surface area contributed by atoms with Gasteiger partial charge in [0.1, 0.15) is 5.75 Å². The highest BCUT2D eigenvalue weighted by Gasteiger charge is 2.07. The van der Waals surface area contributed by atoms with Gasteiger partial charge in [0.25, 0.3) is 5.91 Å². The van der Waals surface area contributed by atoms with Crippen LogP contribution in [0.15, 0.2) is 42.5 Å². The Balaban J connectivity index is 1.90. The fraction of sp³-hybridized carbons (Fsp3) is 0.350. The molecule has 128 valence electrons. The van der Waals surface area contributed by atoms with Crippen molar-refractivity contribution >= 4 is 11.6 Å². The SMILES string of the molecule is Cc1cc(C)cc(C(=O)Nc2ccc(OCCCN(C)C)cc2)c1. The van der Waals surface area contributed by atoms with Gasteiger partial charge >= 0.3 is 0 Å². The summed E-state index contributed by atoms with van der Waals surface area (Å²) in [5.74, 6) is 0.722. The van der Waals surface area contributed by atoms with Crippen LogP contribution < -0.4 is 10.1 Å². The molecule has 0 bridgehead atoms. The molecule has 0 heterocycles. The van der Waals surface area contributed by atoms with Gasteiger partial charge in [-0.05, 0) is 70.8 Å². The Hall–Kier alpha value is -2.33. The molecule has 0 unspecified atom stereocenters. The third-order valence-corrected chi connectivity index (χ3v) is 3.61. The second-order valence-corrected chi connectivity index (χ2v) is 6.36. The zero-order valence-corrected chi connectivity index (χ0v) is 14.9. The summed E-state index contributed by atoms with van der Waals surface area (Å²) in [7, 11) is 4.10. The van der Waals surface area contributed by atoms with E-state index in [9.17, 15) is 4.79 Å². The molecule has 0 aliphatic carbocycles. The van der Waals surface area contributed by atoms with Gasteiger partial charge in [0, 0.05) is 17.8 Å². The normalized spacial score (nSPS) is 10.7. The van der Waals surface area contributed by atoms with Crippen LogP contribution in [0, 0.1) is 13.8 Å². The number of carbonyl (C=O) groups is 1. The van der Waals surface area contributed by atoms with Gasteiger partial charge in [0.15, 0.2) is 0 Å². The monoisotopic (exact) mass is 326 g/mol. The van der Waals surface area contributed by atoms with E-state index in [2.05, 4.69) is 16.3 Å². The molecule has 4 heteroatoms.